The number of carbonyl (C=O) groups is 3. The Bertz CT molecular complexity index is 978. The lowest BCUT2D eigenvalue weighted by Gasteiger charge is -2.09. The van der Waals surface area contributed by atoms with E-state index in [0.29, 0.717) is 28.4 Å². The van der Waals surface area contributed by atoms with Gasteiger partial charge in [-0.3, -0.25) is 14.4 Å². The van der Waals surface area contributed by atoms with Gasteiger partial charge in [0.1, 0.15) is 5.75 Å². The number of hydrogen-bond acceptors (Lipinski definition) is 5. The molecule has 0 saturated carbocycles. The molecule has 0 fully saturated rings. The summed E-state index contributed by atoms with van der Waals surface area (Å²) in [5.41, 5.74) is 4.29. The van der Waals surface area contributed by atoms with Crippen LogP contribution in [-0.4, -0.2) is 36.6 Å². The number of amides is 3. The molecule has 164 valence electrons. The number of nitrogens with zero attached hydrogens (tertiary/aromatic N) is 1. The first-order chi connectivity index (χ1) is 14.8. The SMILES string of the molecule is CC[C@@H](C)NC(=O)C(=O)N/N=C\c1cccc(OCC(=O)Nc2ccc(C)c(Cl)c2)c1. The van der Waals surface area contributed by atoms with Crippen LogP contribution in [0.1, 0.15) is 31.4 Å². The van der Waals surface area contributed by atoms with Crippen molar-refractivity contribution in [3.8, 4) is 5.75 Å². The molecule has 0 bridgehead atoms. The van der Waals surface area contributed by atoms with Crippen molar-refractivity contribution < 1.29 is 19.1 Å². The summed E-state index contributed by atoms with van der Waals surface area (Å²) in [6.45, 7) is 5.38. The van der Waals surface area contributed by atoms with Gasteiger partial charge in [-0.05, 0) is 55.7 Å². The van der Waals surface area contributed by atoms with E-state index in [1.165, 1.54) is 6.21 Å². The van der Waals surface area contributed by atoms with E-state index in [1.807, 2.05) is 19.9 Å². The molecule has 1 atom stereocenters. The standard InChI is InChI=1S/C22H25ClN4O4/c1-4-15(3)25-21(29)22(30)27-24-12-16-6-5-7-18(10-16)31-13-20(28)26-17-9-8-14(2)19(23)11-17/h5-12,15H,4,13H2,1-3H3,(H,25,29)(H,26,28)(H,27,30)/b24-12-/t15-/m1/s1. The molecule has 0 aliphatic heterocycles. The van der Waals surface area contributed by atoms with Crippen LogP contribution in [0.4, 0.5) is 5.69 Å². The topological polar surface area (TPSA) is 109 Å². The largest absolute Gasteiger partial charge is 0.484 e. The zero-order valence-corrected chi connectivity index (χ0v) is 18.3. The van der Waals surface area contributed by atoms with Crippen LogP contribution in [0, 0.1) is 6.92 Å². The third-order valence-corrected chi connectivity index (χ3v) is 4.67. The fourth-order valence-electron chi connectivity index (χ4n) is 2.31. The lowest BCUT2D eigenvalue weighted by Crippen LogP contribution is -2.41. The summed E-state index contributed by atoms with van der Waals surface area (Å²) in [4.78, 5) is 35.5. The molecule has 8 nitrogen and oxygen atoms in total. The van der Waals surface area contributed by atoms with Crippen LogP contribution in [-0.2, 0) is 14.4 Å². The summed E-state index contributed by atoms with van der Waals surface area (Å²) in [7, 11) is 0. The van der Waals surface area contributed by atoms with Crippen LogP contribution in [0.3, 0.4) is 0 Å². The Balaban J connectivity index is 1.85. The highest BCUT2D eigenvalue weighted by Gasteiger charge is 2.14. The summed E-state index contributed by atoms with van der Waals surface area (Å²) in [5, 5.41) is 9.59. The molecule has 3 N–H and O–H groups in total. The molecular formula is C22H25ClN4O4. The molecule has 0 unspecified atom stereocenters. The third-order valence-electron chi connectivity index (χ3n) is 4.26. The Labute approximate surface area is 186 Å². The predicted octanol–water partition coefficient (Wildman–Crippen LogP) is 3.03. The third kappa shape index (κ3) is 8.10. The van der Waals surface area contributed by atoms with Gasteiger partial charge in [0.25, 0.3) is 5.91 Å². The summed E-state index contributed by atoms with van der Waals surface area (Å²) in [6.07, 6.45) is 2.08. The van der Waals surface area contributed by atoms with E-state index >= 15 is 0 Å². The van der Waals surface area contributed by atoms with Gasteiger partial charge in [0.05, 0.1) is 6.21 Å². The minimum atomic E-state index is -0.850. The molecule has 0 aromatic heterocycles. The van der Waals surface area contributed by atoms with Gasteiger partial charge in [0.15, 0.2) is 6.61 Å². The van der Waals surface area contributed by atoms with Crippen molar-refractivity contribution in [2.24, 2.45) is 5.10 Å². The molecule has 2 aromatic carbocycles. The van der Waals surface area contributed by atoms with Crippen LogP contribution < -0.4 is 20.8 Å². The first kappa shape index (κ1) is 23.9. The number of ether oxygens (including phenoxy) is 1. The molecular weight excluding hydrogens is 420 g/mol. The molecule has 31 heavy (non-hydrogen) atoms. The molecule has 0 radical (unpaired) electrons. The Morgan fingerprint density at radius 3 is 2.65 bits per heavy atom. The van der Waals surface area contributed by atoms with Crippen LogP contribution >= 0.6 is 11.6 Å². The first-order valence-electron chi connectivity index (χ1n) is 9.71. The Morgan fingerprint density at radius 1 is 1.16 bits per heavy atom. The maximum absolute atomic E-state index is 12.1. The van der Waals surface area contributed by atoms with Crippen molar-refractivity contribution >= 4 is 41.2 Å². The molecule has 0 saturated heterocycles. The second-order valence-corrected chi connectivity index (χ2v) is 7.26. The number of nitrogens with one attached hydrogen (secondary N) is 3. The fraction of sp³-hybridized carbons (Fsp3) is 0.273. The monoisotopic (exact) mass is 444 g/mol. The van der Waals surface area contributed by atoms with Gasteiger partial charge in [0, 0.05) is 16.8 Å². The van der Waals surface area contributed by atoms with Crippen molar-refractivity contribution in [2.75, 3.05) is 11.9 Å². The lowest BCUT2D eigenvalue weighted by molar-refractivity contribution is -0.139. The van der Waals surface area contributed by atoms with Crippen LogP contribution in [0.2, 0.25) is 5.02 Å². The average Bonchev–Trinajstić information content (AvgIpc) is 2.75. The summed E-state index contributed by atoms with van der Waals surface area (Å²) in [6, 6.07) is 11.9. The van der Waals surface area contributed by atoms with Gasteiger partial charge >= 0.3 is 11.8 Å². The number of rotatable bonds is 8. The van der Waals surface area contributed by atoms with Gasteiger partial charge in [-0.2, -0.15) is 5.10 Å². The van der Waals surface area contributed by atoms with Crippen LogP contribution in [0.15, 0.2) is 47.6 Å². The van der Waals surface area contributed by atoms with E-state index in [9.17, 15) is 14.4 Å². The highest BCUT2D eigenvalue weighted by molar-refractivity contribution is 6.35. The summed E-state index contributed by atoms with van der Waals surface area (Å²) in [5.74, 6) is -1.48. The minimum absolute atomic E-state index is 0.101. The van der Waals surface area contributed by atoms with Gasteiger partial charge in [-0.25, -0.2) is 5.43 Å². The summed E-state index contributed by atoms with van der Waals surface area (Å²) >= 11 is 6.05. The number of anilines is 1. The maximum Gasteiger partial charge on any atom is 0.329 e. The quantitative estimate of drug-likeness (QED) is 0.330. The molecule has 0 spiro atoms. The molecule has 9 heteroatoms. The van der Waals surface area contributed by atoms with E-state index in [-0.39, 0.29) is 18.6 Å². The zero-order chi connectivity index (χ0) is 22.8. The number of carbonyl (C=O) groups excluding carboxylic acids is 3. The predicted molar refractivity (Wildman–Crippen MR) is 120 cm³/mol. The van der Waals surface area contributed by atoms with E-state index in [0.717, 1.165) is 5.56 Å². The second kappa shape index (κ2) is 11.7. The van der Waals surface area contributed by atoms with Crippen LogP contribution in [0.25, 0.3) is 0 Å². The van der Waals surface area contributed by atoms with Gasteiger partial charge in [0.2, 0.25) is 0 Å². The number of aryl methyl sites for hydroxylation is 1. The van der Waals surface area contributed by atoms with Gasteiger partial charge in [-0.1, -0.05) is 36.7 Å². The molecule has 0 heterocycles. The Morgan fingerprint density at radius 2 is 1.94 bits per heavy atom. The van der Waals surface area contributed by atoms with E-state index in [2.05, 4.69) is 21.2 Å². The van der Waals surface area contributed by atoms with Gasteiger partial charge in [-0.15, -0.1) is 0 Å². The maximum atomic E-state index is 12.1. The van der Waals surface area contributed by atoms with E-state index < -0.39 is 11.8 Å². The van der Waals surface area contributed by atoms with Crippen molar-refractivity contribution in [2.45, 2.75) is 33.2 Å². The number of halogens is 1. The Kier molecular flexibility index (Phi) is 9.02. The normalized spacial score (nSPS) is 11.6. The second-order valence-electron chi connectivity index (χ2n) is 6.86. The van der Waals surface area contributed by atoms with E-state index in [4.69, 9.17) is 16.3 Å². The molecule has 2 rings (SSSR count). The fourth-order valence-corrected chi connectivity index (χ4v) is 2.49. The molecule has 2 aromatic rings. The molecule has 0 aliphatic carbocycles. The number of hydrazone groups is 1. The van der Waals surface area contributed by atoms with Crippen molar-refractivity contribution in [1.29, 1.82) is 0 Å². The Hall–Kier alpha value is -3.39. The van der Waals surface area contributed by atoms with Crippen molar-refractivity contribution in [3.63, 3.8) is 0 Å². The summed E-state index contributed by atoms with van der Waals surface area (Å²) < 4.78 is 5.50. The highest BCUT2D eigenvalue weighted by Crippen LogP contribution is 2.20. The minimum Gasteiger partial charge on any atom is -0.484 e. The number of hydrogen-bond donors (Lipinski definition) is 3. The number of benzene rings is 2. The van der Waals surface area contributed by atoms with Gasteiger partial charge < -0.3 is 15.4 Å². The smallest absolute Gasteiger partial charge is 0.329 e. The molecule has 3 amide bonds. The highest BCUT2D eigenvalue weighted by atomic mass is 35.5. The van der Waals surface area contributed by atoms with Crippen molar-refractivity contribution in [3.05, 3.63) is 58.6 Å². The van der Waals surface area contributed by atoms with Crippen molar-refractivity contribution in [1.82, 2.24) is 10.7 Å². The average molecular weight is 445 g/mol. The first-order valence-corrected chi connectivity index (χ1v) is 10.1. The lowest BCUT2D eigenvalue weighted by atomic mass is 10.2. The zero-order valence-electron chi connectivity index (χ0n) is 17.6. The van der Waals surface area contributed by atoms with Crippen LogP contribution in [0.5, 0.6) is 5.75 Å². The molecule has 0 aliphatic rings. The van der Waals surface area contributed by atoms with E-state index in [1.54, 1.807) is 43.3 Å².